The minimum absolute atomic E-state index is 0.279. The molecule has 2 aromatic carbocycles. The lowest BCUT2D eigenvalue weighted by atomic mass is 10.1. The van der Waals surface area contributed by atoms with Crippen molar-refractivity contribution in [3.8, 4) is 17.3 Å². The van der Waals surface area contributed by atoms with Crippen molar-refractivity contribution in [3.63, 3.8) is 0 Å². The van der Waals surface area contributed by atoms with Gasteiger partial charge in [-0.15, -0.1) is 15.3 Å². The highest BCUT2D eigenvalue weighted by atomic mass is 16.5. The number of hydrogen-bond acceptors (Lipinski definition) is 5. The summed E-state index contributed by atoms with van der Waals surface area (Å²) < 4.78 is 7.32. The lowest BCUT2D eigenvalue weighted by Crippen LogP contribution is -2.32. The summed E-state index contributed by atoms with van der Waals surface area (Å²) in [4.78, 5) is 12.0. The van der Waals surface area contributed by atoms with Crippen LogP contribution >= 0.6 is 0 Å². The predicted molar refractivity (Wildman–Crippen MR) is 115 cm³/mol. The lowest BCUT2D eigenvalue weighted by molar-refractivity contribution is 0.246. The van der Waals surface area contributed by atoms with Gasteiger partial charge in [0.1, 0.15) is 6.61 Å². The zero-order valence-electron chi connectivity index (χ0n) is 16.8. The third kappa shape index (κ3) is 4.38. The van der Waals surface area contributed by atoms with Gasteiger partial charge in [-0.3, -0.25) is 0 Å². The Hall–Kier alpha value is -3.94. The van der Waals surface area contributed by atoms with E-state index >= 15 is 0 Å². The van der Waals surface area contributed by atoms with Crippen LogP contribution in [0.1, 0.15) is 11.1 Å². The van der Waals surface area contributed by atoms with E-state index in [1.165, 1.54) is 5.56 Å². The normalized spacial score (nSPS) is 10.7. The molecule has 0 unspecified atom stereocenters. The van der Waals surface area contributed by atoms with E-state index in [0.717, 1.165) is 16.8 Å². The van der Waals surface area contributed by atoms with Crippen LogP contribution in [0.15, 0.2) is 60.7 Å². The van der Waals surface area contributed by atoms with Crippen molar-refractivity contribution in [1.29, 1.82) is 0 Å². The summed E-state index contributed by atoms with van der Waals surface area (Å²) in [5.41, 5.74) is 4.61. The van der Waals surface area contributed by atoms with Crippen LogP contribution in [0.3, 0.4) is 0 Å². The highest BCUT2D eigenvalue weighted by Gasteiger charge is 2.10. The second kappa shape index (κ2) is 8.60. The van der Waals surface area contributed by atoms with Crippen molar-refractivity contribution in [2.24, 2.45) is 0 Å². The Morgan fingerprint density at radius 1 is 1.00 bits per heavy atom. The molecule has 0 fully saturated rings. The van der Waals surface area contributed by atoms with Crippen molar-refractivity contribution in [3.05, 3.63) is 71.8 Å². The molecule has 0 bridgehead atoms. The maximum absolute atomic E-state index is 12.0. The monoisotopic (exact) mass is 402 g/mol. The standard InChI is InChI=1S/C22H22N6O2/c1-15-8-9-18(14-16(15)2)24-22(29)23-12-13-30-20-11-10-19-25-26-21(28(19)27-20)17-6-4-3-5-7-17/h3-11,14H,12-13H2,1-2H3,(H2,23,24,29). The van der Waals surface area contributed by atoms with Crippen LogP contribution in [0.2, 0.25) is 0 Å². The summed E-state index contributed by atoms with van der Waals surface area (Å²) in [6.07, 6.45) is 0. The second-order valence-corrected chi connectivity index (χ2v) is 6.86. The number of carbonyl (C=O) groups excluding carboxylic acids is 1. The molecule has 4 aromatic rings. The fourth-order valence-corrected chi connectivity index (χ4v) is 2.93. The largest absolute Gasteiger partial charge is 0.475 e. The first-order valence-corrected chi connectivity index (χ1v) is 9.63. The minimum atomic E-state index is -0.282. The molecule has 2 aromatic heterocycles. The molecule has 0 aliphatic carbocycles. The Morgan fingerprint density at radius 3 is 2.63 bits per heavy atom. The van der Waals surface area contributed by atoms with Gasteiger partial charge in [-0.2, -0.15) is 4.52 Å². The number of benzene rings is 2. The summed E-state index contributed by atoms with van der Waals surface area (Å²) in [7, 11) is 0. The topological polar surface area (TPSA) is 93.4 Å². The average molecular weight is 402 g/mol. The van der Waals surface area contributed by atoms with Crippen molar-refractivity contribution >= 4 is 17.4 Å². The maximum atomic E-state index is 12.0. The van der Waals surface area contributed by atoms with Crippen LogP contribution in [0.25, 0.3) is 17.0 Å². The van der Waals surface area contributed by atoms with E-state index in [9.17, 15) is 4.79 Å². The van der Waals surface area contributed by atoms with Crippen LogP contribution in [-0.2, 0) is 0 Å². The fraction of sp³-hybridized carbons (Fsp3) is 0.182. The molecule has 2 N–H and O–H groups in total. The Balaban J connectivity index is 1.32. The molecule has 8 nitrogen and oxygen atoms in total. The Labute approximate surface area is 173 Å². The molecule has 0 aliphatic rings. The zero-order chi connectivity index (χ0) is 20.9. The molecule has 0 radical (unpaired) electrons. The Morgan fingerprint density at radius 2 is 1.83 bits per heavy atom. The van der Waals surface area contributed by atoms with E-state index in [2.05, 4.69) is 25.9 Å². The number of anilines is 1. The number of hydrogen-bond donors (Lipinski definition) is 2. The molecule has 4 rings (SSSR count). The second-order valence-electron chi connectivity index (χ2n) is 6.86. The van der Waals surface area contributed by atoms with Gasteiger partial charge < -0.3 is 15.4 Å². The van der Waals surface area contributed by atoms with Crippen LogP contribution in [0.5, 0.6) is 5.88 Å². The van der Waals surface area contributed by atoms with E-state index < -0.39 is 0 Å². The van der Waals surface area contributed by atoms with E-state index in [1.807, 2.05) is 62.4 Å². The highest BCUT2D eigenvalue weighted by molar-refractivity contribution is 5.89. The first-order chi connectivity index (χ1) is 14.6. The first-order valence-electron chi connectivity index (χ1n) is 9.63. The number of carbonyl (C=O) groups is 1. The molecule has 0 saturated heterocycles. The third-order valence-electron chi connectivity index (χ3n) is 4.67. The molecule has 0 spiro atoms. The number of amides is 2. The van der Waals surface area contributed by atoms with Crippen molar-refractivity contribution in [2.75, 3.05) is 18.5 Å². The average Bonchev–Trinajstić information content (AvgIpc) is 3.18. The number of nitrogens with zero attached hydrogens (tertiary/aromatic N) is 4. The molecule has 0 aliphatic heterocycles. The first kappa shape index (κ1) is 19.4. The van der Waals surface area contributed by atoms with E-state index in [0.29, 0.717) is 23.9 Å². The third-order valence-corrected chi connectivity index (χ3v) is 4.67. The van der Waals surface area contributed by atoms with Crippen molar-refractivity contribution in [2.45, 2.75) is 13.8 Å². The van der Waals surface area contributed by atoms with Gasteiger partial charge >= 0.3 is 6.03 Å². The lowest BCUT2D eigenvalue weighted by Gasteiger charge is -2.10. The molecule has 2 amide bonds. The smallest absolute Gasteiger partial charge is 0.319 e. The number of fused-ring (bicyclic) bond motifs is 1. The van der Waals surface area contributed by atoms with Gasteiger partial charge in [0.15, 0.2) is 11.5 Å². The van der Waals surface area contributed by atoms with Gasteiger partial charge in [0.2, 0.25) is 5.88 Å². The summed E-state index contributed by atoms with van der Waals surface area (Å²) in [5, 5.41) is 18.4. The molecular weight excluding hydrogens is 380 g/mol. The van der Waals surface area contributed by atoms with Crippen LogP contribution in [-0.4, -0.2) is 39.0 Å². The number of nitrogens with one attached hydrogen (secondary N) is 2. The maximum Gasteiger partial charge on any atom is 0.319 e. The number of aromatic nitrogens is 4. The van der Waals surface area contributed by atoms with Gasteiger partial charge in [-0.25, -0.2) is 4.79 Å². The van der Waals surface area contributed by atoms with Crippen LogP contribution in [0.4, 0.5) is 10.5 Å². The van der Waals surface area contributed by atoms with Gasteiger partial charge in [0.05, 0.1) is 6.54 Å². The van der Waals surface area contributed by atoms with Gasteiger partial charge in [0.25, 0.3) is 0 Å². The molecule has 8 heteroatoms. The predicted octanol–water partition coefficient (Wildman–Crippen LogP) is 3.61. The molecule has 152 valence electrons. The SMILES string of the molecule is Cc1ccc(NC(=O)NCCOc2ccc3nnc(-c4ccccc4)n3n2)cc1C. The van der Waals surface area contributed by atoms with Crippen LogP contribution in [0, 0.1) is 13.8 Å². The summed E-state index contributed by atoms with van der Waals surface area (Å²) in [5.74, 6) is 1.07. The molecule has 0 saturated carbocycles. The number of rotatable bonds is 6. The molecule has 30 heavy (non-hydrogen) atoms. The fourth-order valence-electron chi connectivity index (χ4n) is 2.93. The molecule has 0 atom stereocenters. The van der Waals surface area contributed by atoms with E-state index in [4.69, 9.17) is 4.74 Å². The van der Waals surface area contributed by atoms with E-state index in [1.54, 1.807) is 16.6 Å². The quantitative estimate of drug-likeness (QED) is 0.481. The highest BCUT2D eigenvalue weighted by Crippen LogP contribution is 2.18. The van der Waals surface area contributed by atoms with Crippen LogP contribution < -0.4 is 15.4 Å². The summed E-state index contributed by atoms with van der Waals surface area (Å²) in [6, 6.07) is 18.7. The van der Waals surface area contributed by atoms with Crippen molar-refractivity contribution < 1.29 is 9.53 Å². The van der Waals surface area contributed by atoms with E-state index in [-0.39, 0.29) is 12.6 Å². The Bertz CT molecular complexity index is 1170. The molecule has 2 heterocycles. The number of aryl methyl sites for hydroxylation is 2. The van der Waals surface area contributed by atoms with Gasteiger partial charge in [-0.05, 0) is 43.2 Å². The summed E-state index contributed by atoms with van der Waals surface area (Å²) >= 11 is 0. The van der Waals surface area contributed by atoms with Gasteiger partial charge in [-0.1, -0.05) is 36.4 Å². The minimum Gasteiger partial charge on any atom is -0.475 e. The molecular formula is C22H22N6O2. The van der Waals surface area contributed by atoms with Crippen molar-refractivity contribution in [1.82, 2.24) is 25.1 Å². The Kier molecular flexibility index (Phi) is 5.56. The van der Waals surface area contributed by atoms with Gasteiger partial charge in [0, 0.05) is 17.3 Å². The summed E-state index contributed by atoms with van der Waals surface area (Å²) in [6.45, 7) is 4.66. The number of urea groups is 1. The zero-order valence-corrected chi connectivity index (χ0v) is 16.8. The number of ether oxygens (including phenoxy) is 1.